The molecule has 0 atom stereocenters. The second-order valence-corrected chi connectivity index (χ2v) is 9.23. The third-order valence-corrected chi connectivity index (χ3v) is 7.40. The standard InChI is InChI=1S/C21H19FN4O3S/c22-17-5-6-18-19(11-17)24-14-25(21(18)27)13-15-7-9-26(10-8-15)30(28,29)20-4-2-1-3-16(20)12-23/h1-6,11,14-15H,7-10,13H2. The minimum Gasteiger partial charge on any atom is -0.298 e. The average Bonchev–Trinajstić information content (AvgIpc) is 2.76. The number of halogens is 1. The Kier molecular flexibility index (Phi) is 5.37. The van der Waals surface area contributed by atoms with Crippen LogP contribution in [0.2, 0.25) is 0 Å². The Bertz CT molecular complexity index is 1310. The second kappa shape index (κ2) is 7.97. The summed E-state index contributed by atoms with van der Waals surface area (Å²) in [6, 6.07) is 12.0. The number of hydrogen-bond acceptors (Lipinski definition) is 5. The molecule has 9 heteroatoms. The number of aromatic nitrogens is 2. The molecule has 3 aromatic rings. The van der Waals surface area contributed by atoms with Crippen molar-refractivity contribution in [3.05, 3.63) is 70.5 Å². The highest BCUT2D eigenvalue weighted by molar-refractivity contribution is 7.89. The number of fused-ring (bicyclic) bond motifs is 1. The van der Waals surface area contributed by atoms with E-state index in [1.807, 2.05) is 6.07 Å². The molecule has 0 saturated carbocycles. The van der Waals surface area contributed by atoms with E-state index in [9.17, 15) is 22.9 Å². The zero-order chi connectivity index (χ0) is 21.3. The fourth-order valence-electron chi connectivity index (χ4n) is 3.79. The molecule has 7 nitrogen and oxygen atoms in total. The molecule has 2 heterocycles. The van der Waals surface area contributed by atoms with Crippen molar-refractivity contribution in [2.75, 3.05) is 13.1 Å². The monoisotopic (exact) mass is 426 g/mol. The maximum Gasteiger partial charge on any atom is 0.261 e. The van der Waals surface area contributed by atoms with Crippen molar-refractivity contribution in [3.63, 3.8) is 0 Å². The van der Waals surface area contributed by atoms with E-state index < -0.39 is 15.8 Å². The van der Waals surface area contributed by atoms with Crippen molar-refractivity contribution in [1.82, 2.24) is 13.9 Å². The van der Waals surface area contributed by atoms with Gasteiger partial charge in [-0.1, -0.05) is 12.1 Å². The molecule has 1 aliphatic heterocycles. The molecular formula is C21H19FN4O3S. The van der Waals surface area contributed by atoms with Crippen LogP contribution >= 0.6 is 0 Å². The number of nitrogens with zero attached hydrogens (tertiary/aromatic N) is 4. The largest absolute Gasteiger partial charge is 0.298 e. The summed E-state index contributed by atoms with van der Waals surface area (Å²) >= 11 is 0. The molecule has 0 spiro atoms. The van der Waals surface area contributed by atoms with Crippen LogP contribution in [0.25, 0.3) is 10.9 Å². The van der Waals surface area contributed by atoms with Crippen LogP contribution in [-0.4, -0.2) is 35.4 Å². The Hall–Kier alpha value is -3.09. The van der Waals surface area contributed by atoms with E-state index in [1.165, 1.54) is 45.5 Å². The minimum atomic E-state index is -3.75. The van der Waals surface area contributed by atoms with Crippen LogP contribution in [0.5, 0.6) is 0 Å². The quantitative estimate of drug-likeness (QED) is 0.639. The van der Waals surface area contributed by atoms with Crippen LogP contribution in [0.3, 0.4) is 0 Å². The van der Waals surface area contributed by atoms with Crippen molar-refractivity contribution in [2.45, 2.75) is 24.3 Å². The topological polar surface area (TPSA) is 96.1 Å². The van der Waals surface area contributed by atoms with Gasteiger partial charge in [-0.2, -0.15) is 9.57 Å². The van der Waals surface area contributed by atoms with E-state index in [2.05, 4.69) is 4.98 Å². The summed E-state index contributed by atoms with van der Waals surface area (Å²) in [5.41, 5.74) is 0.205. The number of sulfonamides is 1. The van der Waals surface area contributed by atoms with Gasteiger partial charge >= 0.3 is 0 Å². The van der Waals surface area contributed by atoms with Gasteiger partial charge in [0.1, 0.15) is 11.9 Å². The summed E-state index contributed by atoms with van der Waals surface area (Å²) in [7, 11) is -3.75. The summed E-state index contributed by atoms with van der Waals surface area (Å²) in [6.45, 7) is 1.04. The molecule has 1 fully saturated rings. The summed E-state index contributed by atoms with van der Waals surface area (Å²) in [5, 5.41) is 9.56. The molecule has 0 unspecified atom stereocenters. The molecular weight excluding hydrogens is 407 g/mol. The van der Waals surface area contributed by atoms with Crippen LogP contribution in [0.4, 0.5) is 4.39 Å². The number of hydrogen-bond donors (Lipinski definition) is 0. The van der Waals surface area contributed by atoms with Gasteiger partial charge in [0.05, 0.1) is 27.7 Å². The van der Waals surface area contributed by atoms with Gasteiger partial charge in [0.15, 0.2) is 0 Å². The third kappa shape index (κ3) is 3.72. The Morgan fingerprint density at radius 3 is 2.63 bits per heavy atom. The number of rotatable bonds is 4. The minimum absolute atomic E-state index is 0.0214. The Balaban J connectivity index is 1.48. The van der Waals surface area contributed by atoms with Gasteiger partial charge in [0.2, 0.25) is 10.0 Å². The van der Waals surface area contributed by atoms with Crippen LogP contribution in [0.1, 0.15) is 18.4 Å². The van der Waals surface area contributed by atoms with Crippen LogP contribution in [0, 0.1) is 23.1 Å². The lowest BCUT2D eigenvalue weighted by Gasteiger charge is -2.31. The molecule has 2 aromatic carbocycles. The lowest BCUT2D eigenvalue weighted by molar-refractivity contribution is 0.251. The van der Waals surface area contributed by atoms with Crippen molar-refractivity contribution in [3.8, 4) is 6.07 Å². The molecule has 4 rings (SSSR count). The Morgan fingerprint density at radius 1 is 1.17 bits per heavy atom. The molecule has 0 radical (unpaired) electrons. The highest BCUT2D eigenvalue weighted by atomic mass is 32.2. The first-order valence-corrected chi connectivity index (χ1v) is 11.0. The molecule has 1 aliphatic rings. The van der Waals surface area contributed by atoms with Crippen LogP contribution in [-0.2, 0) is 16.6 Å². The van der Waals surface area contributed by atoms with E-state index in [0.717, 1.165) is 0 Å². The van der Waals surface area contributed by atoms with Gasteiger partial charge in [0.25, 0.3) is 5.56 Å². The molecule has 30 heavy (non-hydrogen) atoms. The van der Waals surface area contributed by atoms with Gasteiger partial charge in [-0.15, -0.1) is 0 Å². The number of benzene rings is 2. The maximum atomic E-state index is 13.3. The van der Waals surface area contributed by atoms with Gasteiger partial charge in [0, 0.05) is 25.7 Å². The third-order valence-electron chi connectivity index (χ3n) is 5.44. The van der Waals surface area contributed by atoms with E-state index in [1.54, 1.807) is 12.1 Å². The van der Waals surface area contributed by atoms with Crippen LogP contribution < -0.4 is 5.56 Å². The lowest BCUT2D eigenvalue weighted by atomic mass is 9.98. The normalized spacial score (nSPS) is 15.9. The Morgan fingerprint density at radius 2 is 1.90 bits per heavy atom. The smallest absolute Gasteiger partial charge is 0.261 e. The van der Waals surface area contributed by atoms with Crippen molar-refractivity contribution in [2.24, 2.45) is 5.92 Å². The van der Waals surface area contributed by atoms with Gasteiger partial charge in [-0.25, -0.2) is 17.8 Å². The zero-order valence-electron chi connectivity index (χ0n) is 16.0. The maximum absolute atomic E-state index is 13.3. The number of piperidine rings is 1. The first-order chi connectivity index (χ1) is 14.4. The van der Waals surface area contributed by atoms with Crippen LogP contribution in [0.15, 0.2) is 58.5 Å². The second-order valence-electron chi connectivity index (χ2n) is 7.32. The molecule has 0 aliphatic carbocycles. The molecule has 0 N–H and O–H groups in total. The molecule has 0 amide bonds. The molecule has 0 bridgehead atoms. The van der Waals surface area contributed by atoms with Gasteiger partial charge in [-0.3, -0.25) is 9.36 Å². The molecule has 1 aromatic heterocycles. The van der Waals surface area contributed by atoms with Crippen molar-refractivity contribution >= 4 is 20.9 Å². The fourth-order valence-corrected chi connectivity index (χ4v) is 5.41. The van der Waals surface area contributed by atoms with Gasteiger partial charge < -0.3 is 0 Å². The summed E-state index contributed by atoms with van der Waals surface area (Å²) in [6.07, 6.45) is 2.58. The zero-order valence-corrected chi connectivity index (χ0v) is 16.8. The van der Waals surface area contributed by atoms with Gasteiger partial charge in [-0.05, 0) is 43.0 Å². The predicted molar refractivity (Wildman–Crippen MR) is 109 cm³/mol. The lowest BCUT2D eigenvalue weighted by Crippen LogP contribution is -2.40. The Labute approximate surface area is 173 Å². The van der Waals surface area contributed by atoms with E-state index in [-0.39, 0.29) is 21.9 Å². The van der Waals surface area contributed by atoms with Crippen molar-refractivity contribution < 1.29 is 12.8 Å². The predicted octanol–water partition coefficient (Wildman–Crippen LogP) is 2.51. The van der Waals surface area contributed by atoms with E-state index >= 15 is 0 Å². The summed E-state index contributed by atoms with van der Waals surface area (Å²) in [4.78, 5) is 16.8. The highest BCUT2D eigenvalue weighted by Crippen LogP contribution is 2.26. The average molecular weight is 426 g/mol. The highest BCUT2D eigenvalue weighted by Gasteiger charge is 2.31. The summed E-state index contributed by atoms with van der Waals surface area (Å²) in [5.74, 6) is -0.334. The van der Waals surface area contributed by atoms with Crippen molar-refractivity contribution in [1.29, 1.82) is 5.26 Å². The first-order valence-electron chi connectivity index (χ1n) is 9.54. The number of nitriles is 1. The summed E-state index contributed by atoms with van der Waals surface area (Å²) < 4.78 is 42.1. The molecule has 1 saturated heterocycles. The fraction of sp³-hybridized carbons (Fsp3) is 0.286. The first kappa shape index (κ1) is 20.2. The van der Waals surface area contributed by atoms with E-state index in [4.69, 9.17) is 0 Å². The molecule has 154 valence electrons. The SMILES string of the molecule is N#Cc1ccccc1S(=O)(=O)N1CCC(Cn2cnc3cc(F)ccc3c2=O)CC1. The van der Waals surface area contributed by atoms with E-state index in [0.29, 0.717) is 43.4 Å².